The quantitative estimate of drug-likeness (QED) is 0.365. The maximum atomic E-state index is 13.0. The van der Waals surface area contributed by atoms with Gasteiger partial charge in [0.1, 0.15) is 5.69 Å². The number of aryl methyl sites for hydroxylation is 1. The van der Waals surface area contributed by atoms with Gasteiger partial charge in [-0.15, -0.1) is 0 Å². The van der Waals surface area contributed by atoms with Crippen LogP contribution in [-0.2, 0) is 12.6 Å². The molecular formula is C24H16F3N5O. The Bertz CT molecular complexity index is 1540. The molecule has 0 aliphatic heterocycles. The minimum Gasteiger partial charge on any atom is -0.353 e. The van der Waals surface area contributed by atoms with Crippen molar-refractivity contribution in [2.75, 3.05) is 5.32 Å². The number of alkyl halides is 3. The summed E-state index contributed by atoms with van der Waals surface area (Å²) in [4.78, 5) is 4.28. The van der Waals surface area contributed by atoms with Gasteiger partial charge in [-0.05, 0) is 54.3 Å². The number of rotatable bonds is 3. The van der Waals surface area contributed by atoms with Gasteiger partial charge in [0.15, 0.2) is 17.0 Å². The summed E-state index contributed by atoms with van der Waals surface area (Å²) in [7, 11) is 0. The fourth-order valence-electron chi connectivity index (χ4n) is 3.52. The van der Waals surface area contributed by atoms with Gasteiger partial charge in [-0.25, -0.2) is 9.50 Å². The largest absolute Gasteiger partial charge is 0.416 e. The van der Waals surface area contributed by atoms with Crippen LogP contribution >= 0.6 is 0 Å². The molecule has 3 aromatic heterocycles. The second kappa shape index (κ2) is 7.98. The van der Waals surface area contributed by atoms with Crippen LogP contribution in [-0.4, -0.2) is 19.8 Å². The highest BCUT2D eigenvalue weighted by Crippen LogP contribution is 2.33. The average molecular weight is 447 g/mol. The fourth-order valence-corrected chi connectivity index (χ4v) is 3.52. The summed E-state index contributed by atoms with van der Waals surface area (Å²) >= 11 is 0. The van der Waals surface area contributed by atoms with Gasteiger partial charge in [0.25, 0.3) is 0 Å². The van der Waals surface area contributed by atoms with E-state index in [-0.39, 0.29) is 5.69 Å². The molecule has 6 nitrogen and oxygen atoms in total. The Kier molecular flexibility index (Phi) is 4.98. The van der Waals surface area contributed by atoms with Gasteiger partial charge in [0.05, 0.1) is 22.7 Å². The number of hydrogen-bond acceptors (Lipinski definition) is 5. The van der Waals surface area contributed by atoms with Crippen molar-refractivity contribution in [3.8, 4) is 11.8 Å². The molecule has 2 aromatic carbocycles. The zero-order valence-electron chi connectivity index (χ0n) is 17.3. The zero-order valence-corrected chi connectivity index (χ0v) is 17.3. The normalized spacial score (nSPS) is 11.5. The first-order chi connectivity index (χ1) is 15.9. The summed E-state index contributed by atoms with van der Waals surface area (Å²) in [6, 6.07) is 12.3. The van der Waals surface area contributed by atoms with Crippen LogP contribution in [0.2, 0.25) is 0 Å². The van der Waals surface area contributed by atoms with Crippen molar-refractivity contribution >= 4 is 28.1 Å². The highest BCUT2D eigenvalue weighted by Gasteiger charge is 2.30. The number of fused-ring (bicyclic) bond motifs is 2. The van der Waals surface area contributed by atoms with Crippen LogP contribution in [0.4, 0.5) is 24.7 Å². The van der Waals surface area contributed by atoms with E-state index in [0.29, 0.717) is 40.1 Å². The van der Waals surface area contributed by atoms with E-state index in [9.17, 15) is 13.2 Å². The molecule has 164 valence electrons. The summed E-state index contributed by atoms with van der Waals surface area (Å²) in [5, 5.41) is 11.8. The van der Waals surface area contributed by atoms with Crippen molar-refractivity contribution in [1.82, 2.24) is 19.8 Å². The lowest BCUT2D eigenvalue weighted by Crippen LogP contribution is -2.05. The Morgan fingerprint density at radius 3 is 2.79 bits per heavy atom. The Balaban J connectivity index is 1.55. The van der Waals surface area contributed by atoms with E-state index < -0.39 is 11.7 Å². The molecular weight excluding hydrogens is 431 g/mol. The molecule has 0 radical (unpaired) electrons. The number of aromatic nitrogens is 4. The van der Waals surface area contributed by atoms with Crippen LogP contribution in [0.1, 0.15) is 29.3 Å². The topological polar surface area (TPSA) is 68.2 Å². The van der Waals surface area contributed by atoms with Crippen molar-refractivity contribution < 1.29 is 17.7 Å². The van der Waals surface area contributed by atoms with E-state index in [4.69, 9.17) is 4.52 Å². The standard InChI is InChI=1S/C24H16F3N5O/c1-2-15-8-10-20-22(19(15)11-9-18-14-28-21-7-4-12-29-32(18)21)33-31-23(20)30-17-6-3-5-16(13-17)24(25,26)27/h3-8,10,12-14H,2H2,1H3,(H,30,31). The van der Waals surface area contributed by atoms with Gasteiger partial charge in [-0.2, -0.15) is 18.3 Å². The maximum absolute atomic E-state index is 13.0. The molecule has 0 spiro atoms. The first-order valence-electron chi connectivity index (χ1n) is 10.1. The Hall–Kier alpha value is -4.32. The first-order valence-corrected chi connectivity index (χ1v) is 10.1. The predicted molar refractivity (Wildman–Crippen MR) is 117 cm³/mol. The van der Waals surface area contributed by atoms with Crippen LogP contribution in [0.3, 0.4) is 0 Å². The molecule has 5 rings (SSSR count). The molecule has 0 aliphatic rings. The molecule has 0 aliphatic carbocycles. The minimum absolute atomic E-state index is 0.254. The molecule has 0 amide bonds. The monoisotopic (exact) mass is 447 g/mol. The van der Waals surface area contributed by atoms with Crippen LogP contribution in [0, 0.1) is 11.8 Å². The van der Waals surface area contributed by atoms with Gasteiger partial charge < -0.3 is 9.84 Å². The van der Waals surface area contributed by atoms with Gasteiger partial charge in [-0.1, -0.05) is 30.1 Å². The summed E-state index contributed by atoms with van der Waals surface area (Å²) in [6.45, 7) is 2.00. The van der Waals surface area contributed by atoms with E-state index in [1.807, 2.05) is 25.1 Å². The van der Waals surface area contributed by atoms with E-state index in [0.717, 1.165) is 17.7 Å². The van der Waals surface area contributed by atoms with Gasteiger partial charge in [0, 0.05) is 11.9 Å². The first kappa shape index (κ1) is 20.6. The van der Waals surface area contributed by atoms with Crippen LogP contribution in [0.15, 0.2) is 65.4 Å². The lowest BCUT2D eigenvalue weighted by Gasteiger charge is -2.09. The summed E-state index contributed by atoms with van der Waals surface area (Å²) in [6.07, 6.45) is -0.431. The Morgan fingerprint density at radius 2 is 1.97 bits per heavy atom. The molecule has 0 bridgehead atoms. The molecule has 9 heteroatoms. The number of imidazole rings is 1. The van der Waals surface area contributed by atoms with E-state index in [1.165, 1.54) is 12.1 Å². The van der Waals surface area contributed by atoms with Crippen molar-refractivity contribution in [2.24, 2.45) is 0 Å². The second-order valence-electron chi connectivity index (χ2n) is 7.25. The molecule has 0 fully saturated rings. The molecule has 0 saturated heterocycles. The number of hydrogen-bond donors (Lipinski definition) is 1. The number of anilines is 2. The third-order valence-corrected chi connectivity index (χ3v) is 5.15. The highest BCUT2D eigenvalue weighted by atomic mass is 19.4. The molecule has 0 saturated carbocycles. The lowest BCUT2D eigenvalue weighted by molar-refractivity contribution is -0.137. The third kappa shape index (κ3) is 3.87. The average Bonchev–Trinajstić information content (AvgIpc) is 3.41. The minimum atomic E-state index is -4.44. The summed E-state index contributed by atoms with van der Waals surface area (Å²) in [5.74, 6) is 6.55. The highest BCUT2D eigenvalue weighted by molar-refractivity contribution is 5.94. The molecule has 0 atom stereocenters. The van der Waals surface area contributed by atoms with E-state index in [1.54, 1.807) is 23.0 Å². The van der Waals surface area contributed by atoms with Crippen molar-refractivity contribution in [2.45, 2.75) is 19.5 Å². The SMILES string of the molecule is CCc1ccc2c(Nc3cccc(C(F)(F)F)c3)noc2c1C#Cc1cnc2cccnn12. The zero-order chi connectivity index (χ0) is 23.0. The van der Waals surface area contributed by atoms with Crippen molar-refractivity contribution in [3.63, 3.8) is 0 Å². The smallest absolute Gasteiger partial charge is 0.353 e. The Morgan fingerprint density at radius 1 is 1.09 bits per heavy atom. The van der Waals surface area contributed by atoms with Crippen molar-refractivity contribution in [3.05, 3.63) is 83.3 Å². The molecule has 1 N–H and O–H groups in total. The third-order valence-electron chi connectivity index (χ3n) is 5.15. The number of halogens is 3. The van der Waals surface area contributed by atoms with E-state index >= 15 is 0 Å². The van der Waals surface area contributed by atoms with Gasteiger partial charge in [-0.3, -0.25) is 0 Å². The summed E-state index contributed by atoms with van der Waals surface area (Å²) < 4.78 is 46.4. The van der Waals surface area contributed by atoms with Crippen LogP contribution < -0.4 is 5.32 Å². The molecule has 33 heavy (non-hydrogen) atoms. The Labute approximate surface area is 186 Å². The molecule has 3 heterocycles. The van der Waals surface area contributed by atoms with Gasteiger partial charge in [0.2, 0.25) is 0 Å². The summed E-state index contributed by atoms with van der Waals surface area (Å²) in [5.41, 5.74) is 2.88. The van der Waals surface area contributed by atoms with E-state index in [2.05, 4.69) is 32.4 Å². The maximum Gasteiger partial charge on any atom is 0.416 e. The number of nitrogens with zero attached hydrogens (tertiary/aromatic N) is 4. The predicted octanol–water partition coefficient (Wildman–Crippen LogP) is 5.60. The second-order valence-corrected chi connectivity index (χ2v) is 7.25. The fraction of sp³-hybridized carbons (Fsp3) is 0.125. The van der Waals surface area contributed by atoms with Crippen molar-refractivity contribution in [1.29, 1.82) is 0 Å². The molecule has 5 aromatic rings. The number of nitrogens with one attached hydrogen (secondary N) is 1. The van der Waals surface area contributed by atoms with Crippen LogP contribution in [0.5, 0.6) is 0 Å². The number of benzene rings is 2. The molecule has 0 unspecified atom stereocenters. The van der Waals surface area contributed by atoms with Crippen LogP contribution in [0.25, 0.3) is 16.6 Å². The lowest BCUT2D eigenvalue weighted by atomic mass is 10.0. The van der Waals surface area contributed by atoms with Gasteiger partial charge >= 0.3 is 6.18 Å².